The van der Waals surface area contributed by atoms with E-state index in [0.717, 1.165) is 4.88 Å². The molecule has 1 atom stereocenters. The lowest BCUT2D eigenvalue weighted by molar-refractivity contribution is -0.140. The molecule has 0 saturated heterocycles. The molecule has 0 bridgehead atoms. The first-order valence-corrected chi connectivity index (χ1v) is 8.27. The minimum Gasteiger partial charge on any atom is -0.480 e. The molecule has 0 aliphatic rings. The Morgan fingerprint density at radius 1 is 1.48 bits per heavy atom. The van der Waals surface area contributed by atoms with Gasteiger partial charge in [0.25, 0.3) is 0 Å². The van der Waals surface area contributed by atoms with E-state index in [-0.39, 0.29) is 17.4 Å². The molecule has 6 nitrogen and oxygen atoms in total. The zero-order valence-electron chi connectivity index (χ0n) is 11.9. The van der Waals surface area contributed by atoms with E-state index in [2.05, 4.69) is 5.32 Å². The van der Waals surface area contributed by atoms with Crippen LogP contribution in [0.5, 0.6) is 0 Å². The number of amides is 2. The maximum Gasteiger partial charge on any atom is 0.327 e. The predicted octanol–water partition coefficient (Wildman–Crippen LogP) is 1.03. The fourth-order valence-electron chi connectivity index (χ4n) is 1.52. The molecule has 1 rings (SSSR count). The smallest absolute Gasteiger partial charge is 0.327 e. The highest BCUT2D eigenvalue weighted by atomic mass is 32.2. The van der Waals surface area contributed by atoms with E-state index in [9.17, 15) is 14.4 Å². The summed E-state index contributed by atoms with van der Waals surface area (Å²) >= 11 is 2.78. The number of hydrogen-bond acceptors (Lipinski definition) is 5. The van der Waals surface area contributed by atoms with Gasteiger partial charge in [0.2, 0.25) is 11.8 Å². The van der Waals surface area contributed by atoms with Crippen LogP contribution in [0.4, 0.5) is 0 Å². The van der Waals surface area contributed by atoms with Crippen molar-refractivity contribution in [1.82, 2.24) is 10.2 Å². The number of carbonyl (C=O) groups excluding carboxylic acids is 2. The van der Waals surface area contributed by atoms with Crippen molar-refractivity contribution in [3.63, 3.8) is 0 Å². The quantitative estimate of drug-likeness (QED) is 0.743. The molecule has 21 heavy (non-hydrogen) atoms. The monoisotopic (exact) mass is 330 g/mol. The molecule has 0 radical (unpaired) electrons. The zero-order valence-corrected chi connectivity index (χ0v) is 13.5. The van der Waals surface area contributed by atoms with Crippen molar-refractivity contribution in [2.75, 3.05) is 18.6 Å². The van der Waals surface area contributed by atoms with Crippen LogP contribution in [-0.2, 0) is 20.9 Å². The van der Waals surface area contributed by atoms with E-state index < -0.39 is 17.9 Å². The Balaban J connectivity index is 2.34. The van der Waals surface area contributed by atoms with Gasteiger partial charge in [-0.15, -0.1) is 23.1 Å². The fourth-order valence-corrected chi connectivity index (χ4v) is 3.25. The summed E-state index contributed by atoms with van der Waals surface area (Å²) in [6, 6.07) is 2.92. The van der Waals surface area contributed by atoms with Crippen molar-refractivity contribution in [2.24, 2.45) is 0 Å². The second-order valence-electron chi connectivity index (χ2n) is 4.44. The maximum absolute atomic E-state index is 11.9. The van der Waals surface area contributed by atoms with Crippen molar-refractivity contribution in [2.45, 2.75) is 19.5 Å². The lowest BCUT2D eigenvalue weighted by Crippen LogP contribution is -2.41. The highest BCUT2D eigenvalue weighted by Crippen LogP contribution is 2.12. The normalized spacial score (nSPS) is 11.7. The average molecular weight is 330 g/mol. The van der Waals surface area contributed by atoms with Gasteiger partial charge in [-0.1, -0.05) is 6.07 Å². The van der Waals surface area contributed by atoms with Gasteiger partial charge >= 0.3 is 5.97 Å². The van der Waals surface area contributed by atoms with Gasteiger partial charge in [-0.05, 0) is 11.4 Å². The van der Waals surface area contributed by atoms with Gasteiger partial charge in [-0.3, -0.25) is 9.59 Å². The number of aliphatic carboxylic acids is 1. The molecule has 1 aromatic heterocycles. The first kappa shape index (κ1) is 17.5. The van der Waals surface area contributed by atoms with Crippen molar-refractivity contribution in [3.8, 4) is 0 Å². The number of rotatable bonds is 8. The summed E-state index contributed by atoms with van der Waals surface area (Å²) in [5, 5.41) is 13.2. The molecule has 116 valence electrons. The third-order valence-corrected chi connectivity index (χ3v) is 4.47. The SMILES string of the molecule is CC(=O)N[C@@H](CSCC(=O)N(C)Cc1cccs1)C(=O)O. The Kier molecular flexibility index (Phi) is 7.24. The largest absolute Gasteiger partial charge is 0.480 e. The van der Waals surface area contributed by atoms with Crippen LogP contribution in [0.2, 0.25) is 0 Å². The molecular formula is C13H18N2O4S2. The lowest BCUT2D eigenvalue weighted by Gasteiger charge is -2.17. The molecule has 0 aliphatic heterocycles. The molecule has 1 heterocycles. The van der Waals surface area contributed by atoms with E-state index in [1.165, 1.54) is 18.7 Å². The summed E-state index contributed by atoms with van der Waals surface area (Å²) < 4.78 is 0. The Hall–Kier alpha value is -1.54. The molecule has 0 aromatic carbocycles. The minimum atomic E-state index is -1.10. The Labute approximate surface area is 131 Å². The van der Waals surface area contributed by atoms with E-state index in [1.54, 1.807) is 23.3 Å². The summed E-state index contributed by atoms with van der Waals surface area (Å²) in [4.78, 5) is 36.4. The minimum absolute atomic E-state index is 0.0691. The lowest BCUT2D eigenvalue weighted by atomic mass is 10.3. The Morgan fingerprint density at radius 3 is 2.71 bits per heavy atom. The topological polar surface area (TPSA) is 86.7 Å². The summed E-state index contributed by atoms with van der Waals surface area (Å²) in [6.45, 7) is 1.81. The van der Waals surface area contributed by atoms with Gasteiger partial charge in [0.1, 0.15) is 6.04 Å². The number of carboxylic acids is 1. The van der Waals surface area contributed by atoms with Crippen molar-refractivity contribution in [1.29, 1.82) is 0 Å². The number of thioether (sulfide) groups is 1. The number of hydrogen-bond donors (Lipinski definition) is 2. The van der Waals surface area contributed by atoms with Crippen LogP contribution in [0, 0.1) is 0 Å². The standard InChI is InChI=1S/C13H18N2O4S2/c1-9(16)14-11(13(18)19)7-20-8-12(17)15(2)6-10-4-3-5-21-10/h3-5,11H,6-8H2,1-2H3,(H,14,16)(H,18,19)/t11-/m0/s1. The van der Waals surface area contributed by atoms with E-state index in [4.69, 9.17) is 5.11 Å². The maximum atomic E-state index is 11.9. The van der Waals surface area contributed by atoms with Crippen LogP contribution in [-0.4, -0.2) is 52.4 Å². The fraction of sp³-hybridized carbons (Fsp3) is 0.462. The number of nitrogens with zero attached hydrogens (tertiary/aromatic N) is 1. The van der Waals surface area contributed by atoms with Gasteiger partial charge in [0.05, 0.1) is 12.3 Å². The molecule has 2 amide bonds. The predicted molar refractivity (Wildman–Crippen MR) is 83.4 cm³/mol. The van der Waals surface area contributed by atoms with Crippen molar-refractivity contribution >= 4 is 40.9 Å². The number of carbonyl (C=O) groups is 3. The molecule has 0 saturated carbocycles. The molecule has 1 aromatic rings. The molecule has 2 N–H and O–H groups in total. The van der Waals surface area contributed by atoms with Gasteiger partial charge in [0.15, 0.2) is 0 Å². The van der Waals surface area contributed by atoms with E-state index in [1.807, 2.05) is 17.5 Å². The van der Waals surface area contributed by atoms with Gasteiger partial charge in [0, 0.05) is 24.6 Å². The van der Waals surface area contributed by atoms with Crippen LogP contribution in [0.3, 0.4) is 0 Å². The van der Waals surface area contributed by atoms with Crippen LogP contribution in [0.15, 0.2) is 17.5 Å². The second-order valence-corrected chi connectivity index (χ2v) is 6.50. The van der Waals surface area contributed by atoms with Gasteiger partial charge < -0.3 is 15.3 Å². The van der Waals surface area contributed by atoms with Crippen LogP contribution in [0.25, 0.3) is 0 Å². The van der Waals surface area contributed by atoms with Gasteiger partial charge in [-0.2, -0.15) is 0 Å². The molecule has 0 fully saturated rings. The molecule has 0 spiro atoms. The third-order valence-electron chi connectivity index (χ3n) is 2.58. The second kappa shape index (κ2) is 8.68. The molecule has 0 unspecified atom stereocenters. The number of nitrogens with one attached hydrogen (secondary N) is 1. The highest BCUT2D eigenvalue weighted by Gasteiger charge is 2.19. The average Bonchev–Trinajstić information content (AvgIpc) is 2.89. The van der Waals surface area contributed by atoms with Crippen molar-refractivity contribution < 1.29 is 19.5 Å². The molecule has 0 aliphatic carbocycles. The van der Waals surface area contributed by atoms with Crippen molar-refractivity contribution in [3.05, 3.63) is 22.4 Å². The Morgan fingerprint density at radius 2 is 2.19 bits per heavy atom. The summed E-state index contributed by atoms with van der Waals surface area (Å²) in [7, 11) is 1.71. The first-order chi connectivity index (χ1) is 9.90. The molecular weight excluding hydrogens is 312 g/mol. The number of thiophene rings is 1. The van der Waals surface area contributed by atoms with Crippen LogP contribution in [0.1, 0.15) is 11.8 Å². The highest BCUT2D eigenvalue weighted by molar-refractivity contribution is 8.00. The summed E-state index contributed by atoms with van der Waals surface area (Å²) in [6.07, 6.45) is 0. The van der Waals surface area contributed by atoms with E-state index >= 15 is 0 Å². The van der Waals surface area contributed by atoms with Gasteiger partial charge in [-0.25, -0.2) is 4.79 Å². The van der Waals surface area contributed by atoms with Crippen LogP contribution < -0.4 is 5.32 Å². The Bertz CT molecular complexity index is 490. The first-order valence-electron chi connectivity index (χ1n) is 6.24. The van der Waals surface area contributed by atoms with E-state index in [0.29, 0.717) is 6.54 Å². The third kappa shape index (κ3) is 6.63. The number of carboxylic acid groups (broad SMARTS) is 1. The summed E-state index contributed by atoms with van der Waals surface area (Å²) in [5.74, 6) is -1.22. The molecule has 8 heteroatoms. The summed E-state index contributed by atoms with van der Waals surface area (Å²) in [5.41, 5.74) is 0. The zero-order chi connectivity index (χ0) is 15.8. The van der Waals surface area contributed by atoms with Crippen LogP contribution >= 0.6 is 23.1 Å².